The molecule has 0 aliphatic rings. The van der Waals surface area contributed by atoms with Crippen molar-refractivity contribution >= 4 is 23.5 Å². The summed E-state index contributed by atoms with van der Waals surface area (Å²) in [5.41, 5.74) is -5.97. The highest BCUT2D eigenvalue weighted by Gasteiger charge is 2.70. The zero-order chi connectivity index (χ0) is 58.2. The van der Waals surface area contributed by atoms with Crippen molar-refractivity contribution in [3.8, 4) is 12.1 Å². The SMILES string of the molecule is CN(C)CCCC(O)(c1ccc(F)cc1)c1ccc(C#N)cc1CO.CN(C)CCCC(O)(c1ccc(F)cc1)c1ccc(C#N)cc1CO.Cc1ccc(C(=O)C(O)(C(=O)O)C(O)(C(=O)O)C(=O)c2ccc(C)cc2)cc1. The van der Waals surface area contributed by atoms with Crippen LogP contribution in [-0.2, 0) is 34.0 Å². The predicted molar refractivity (Wildman–Crippen MR) is 285 cm³/mol. The minimum absolute atomic E-state index is 0.290. The van der Waals surface area contributed by atoms with Crippen LogP contribution in [0.5, 0.6) is 0 Å². The molecule has 0 saturated carbocycles. The number of hydrogen-bond acceptors (Lipinski definition) is 14. The van der Waals surface area contributed by atoms with Crippen molar-refractivity contribution < 1.29 is 68.8 Å². The molecule has 0 radical (unpaired) electrons. The van der Waals surface area contributed by atoms with Gasteiger partial charge in [0.1, 0.15) is 22.8 Å². The molecule has 16 nitrogen and oxygen atoms in total. The fourth-order valence-corrected chi connectivity index (χ4v) is 8.68. The zero-order valence-electron chi connectivity index (χ0n) is 44.1. The van der Waals surface area contributed by atoms with Crippen molar-refractivity contribution in [2.75, 3.05) is 41.3 Å². The summed E-state index contributed by atoms with van der Waals surface area (Å²) in [5.74, 6) is -8.76. The van der Waals surface area contributed by atoms with E-state index in [2.05, 4.69) is 0 Å². The summed E-state index contributed by atoms with van der Waals surface area (Å²) >= 11 is 0. The van der Waals surface area contributed by atoms with Crippen molar-refractivity contribution in [2.45, 2.75) is 75.1 Å². The number of hydrogen-bond donors (Lipinski definition) is 8. The monoisotopic (exact) mass is 1070 g/mol. The van der Waals surface area contributed by atoms with E-state index >= 15 is 0 Å². The van der Waals surface area contributed by atoms with Crippen LogP contribution < -0.4 is 0 Å². The second-order valence-electron chi connectivity index (χ2n) is 19.3. The lowest BCUT2D eigenvalue weighted by atomic mass is 9.73. The lowest BCUT2D eigenvalue weighted by molar-refractivity contribution is -0.187. The van der Waals surface area contributed by atoms with Crippen LogP contribution in [0.25, 0.3) is 0 Å². The minimum atomic E-state index is -3.96. The number of rotatable bonds is 21. The number of ketones is 2. The number of Topliss-reactive ketones (excluding diaryl/α,β-unsaturated/α-hetero) is 2. The molecule has 0 saturated heterocycles. The highest BCUT2D eigenvalue weighted by Crippen LogP contribution is 2.39. The lowest BCUT2D eigenvalue weighted by Crippen LogP contribution is -2.71. The Kier molecular flexibility index (Phi) is 22.0. The summed E-state index contributed by atoms with van der Waals surface area (Å²) in [6.07, 6.45) is 2.25. The first-order valence-electron chi connectivity index (χ1n) is 24.5. The third kappa shape index (κ3) is 14.6. The molecule has 4 atom stereocenters. The average Bonchev–Trinajstić information content (AvgIpc) is 3.48. The molecular formula is C60H64F2N4O12. The molecule has 0 heterocycles. The summed E-state index contributed by atoms with van der Waals surface area (Å²) in [5, 5.41) is 101. The maximum Gasteiger partial charge on any atom is 0.348 e. The van der Waals surface area contributed by atoms with Gasteiger partial charge in [-0.2, -0.15) is 10.5 Å². The quantitative estimate of drug-likeness (QED) is 0.0281. The van der Waals surface area contributed by atoms with Crippen molar-refractivity contribution in [3.63, 3.8) is 0 Å². The van der Waals surface area contributed by atoms with Gasteiger partial charge in [0.2, 0.25) is 11.6 Å². The molecule has 0 spiro atoms. The van der Waals surface area contributed by atoms with E-state index in [1.807, 2.05) is 50.1 Å². The Morgan fingerprint density at radius 3 is 1.06 bits per heavy atom. The third-order valence-electron chi connectivity index (χ3n) is 13.1. The van der Waals surface area contributed by atoms with E-state index in [1.54, 1.807) is 74.5 Å². The van der Waals surface area contributed by atoms with Crippen LogP contribution in [0.3, 0.4) is 0 Å². The molecule has 0 bridgehead atoms. The molecule has 6 rings (SSSR count). The number of carboxylic acids is 2. The summed E-state index contributed by atoms with van der Waals surface area (Å²) in [4.78, 5) is 53.2. The predicted octanol–water partition coefficient (Wildman–Crippen LogP) is 6.54. The Morgan fingerprint density at radius 2 is 0.808 bits per heavy atom. The fraction of sp³-hybridized carbons (Fsp3) is 0.300. The number of halogens is 2. The lowest BCUT2D eigenvalue weighted by Gasteiger charge is -2.34. The van der Waals surface area contributed by atoms with Gasteiger partial charge in [-0.05, 0) is 163 Å². The molecule has 78 heavy (non-hydrogen) atoms. The van der Waals surface area contributed by atoms with Gasteiger partial charge in [0.05, 0.1) is 36.5 Å². The molecule has 0 aliphatic carbocycles. The number of aryl methyl sites for hydroxylation is 2. The average molecular weight is 1070 g/mol. The number of aliphatic carboxylic acids is 2. The number of carbonyl (C=O) groups is 4. The Labute approximate surface area is 451 Å². The number of aliphatic hydroxyl groups is 6. The van der Waals surface area contributed by atoms with Crippen molar-refractivity contribution in [1.29, 1.82) is 10.5 Å². The van der Waals surface area contributed by atoms with E-state index in [9.17, 15) is 68.8 Å². The molecule has 0 fully saturated rings. The number of benzene rings is 6. The molecular weight excluding hydrogens is 1010 g/mol. The largest absolute Gasteiger partial charge is 0.479 e. The van der Waals surface area contributed by atoms with E-state index < -0.39 is 45.9 Å². The Hall–Kier alpha value is -7.88. The second kappa shape index (κ2) is 27.4. The van der Waals surface area contributed by atoms with Crippen molar-refractivity contribution in [3.05, 3.63) is 212 Å². The fourth-order valence-electron chi connectivity index (χ4n) is 8.68. The normalized spacial score (nSPS) is 14.1. The molecule has 0 amide bonds. The van der Waals surface area contributed by atoms with Crippen molar-refractivity contribution in [2.24, 2.45) is 0 Å². The van der Waals surface area contributed by atoms with Crippen LogP contribution in [0.2, 0.25) is 0 Å². The highest BCUT2D eigenvalue weighted by molar-refractivity contribution is 6.28. The first-order valence-corrected chi connectivity index (χ1v) is 24.5. The van der Waals surface area contributed by atoms with Gasteiger partial charge in [0.15, 0.2) is 0 Å². The van der Waals surface area contributed by atoms with E-state index in [-0.39, 0.29) is 36.0 Å². The maximum absolute atomic E-state index is 13.3. The van der Waals surface area contributed by atoms with Crippen LogP contribution in [0.4, 0.5) is 8.78 Å². The first kappa shape index (κ1) is 62.7. The number of carbonyl (C=O) groups excluding carboxylic acids is 2. The number of nitrogens with zero attached hydrogens (tertiary/aromatic N) is 4. The minimum Gasteiger partial charge on any atom is -0.479 e. The molecule has 0 aliphatic heterocycles. The van der Waals surface area contributed by atoms with Gasteiger partial charge in [-0.1, -0.05) is 96.1 Å². The second-order valence-corrected chi connectivity index (χ2v) is 19.3. The molecule has 18 heteroatoms. The van der Waals surface area contributed by atoms with Gasteiger partial charge in [-0.25, -0.2) is 18.4 Å². The van der Waals surface area contributed by atoms with E-state index in [4.69, 9.17) is 10.5 Å². The van der Waals surface area contributed by atoms with Gasteiger partial charge in [0.25, 0.3) is 11.2 Å². The molecule has 4 unspecified atom stereocenters. The van der Waals surface area contributed by atoms with Gasteiger partial charge in [0, 0.05) is 11.1 Å². The van der Waals surface area contributed by atoms with Crippen molar-refractivity contribution in [1.82, 2.24) is 9.80 Å². The molecule has 410 valence electrons. The molecule has 6 aromatic rings. The first-order chi connectivity index (χ1) is 36.8. The number of nitriles is 2. The summed E-state index contributed by atoms with van der Waals surface area (Å²) in [7, 11) is 7.82. The zero-order valence-corrected chi connectivity index (χ0v) is 44.1. The van der Waals surface area contributed by atoms with Gasteiger partial charge in [-0.3, -0.25) is 9.59 Å². The van der Waals surface area contributed by atoms with Crippen LogP contribution in [0, 0.1) is 48.1 Å². The van der Waals surface area contributed by atoms with Gasteiger partial charge >= 0.3 is 11.9 Å². The maximum atomic E-state index is 13.3. The van der Waals surface area contributed by atoms with E-state index in [0.29, 0.717) is 81.3 Å². The van der Waals surface area contributed by atoms with Crippen LogP contribution in [-0.4, -0.2) is 127 Å². The Morgan fingerprint density at radius 1 is 0.500 bits per heavy atom. The van der Waals surface area contributed by atoms with E-state index in [1.165, 1.54) is 48.5 Å². The van der Waals surface area contributed by atoms with Crippen LogP contribution in [0.1, 0.15) is 102 Å². The number of aliphatic hydroxyl groups excluding tert-OH is 2. The molecule has 0 aromatic heterocycles. The van der Waals surface area contributed by atoms with Gasteiger partial charge < -0.3 is 50.7 Å². The topological polar surface area (TPSA) is 284 Å². The molecule has 6 aromatic carbocycles. The Balaban J connectivity index is 0.000000253. The van der Waals surface area contributed by atoms with Gasteiger partial charge in [-0.15, -0.1) is 0 Å². The summed E-state index contributed by atoms with van der Waals surface area (Å²) in [6, 6.07) is 35.6. The standard InChI is InChI=1S/2C20H23FN2O2.C20H18O8/c2*1-23(2)11-3-10-20(25,17-5-7-18(21)8-6-17)19-9-4-15(13-22)12-16(19)14-24;1-11-3-7-13(8-4-11)15(21)19(27,17(23)24)20(28,18(25)26)16(22)14-9-5-12(2)6-10-14/h2*4-9,12,24-25H,3,10-11,14H2,1-2H3;3-10,27-28H,1-2H3,(H,23,24)(H,25,26). The molecule has 8 N–H and O–H groups in total. The highest BCUT2D eigenvalue weighted by atomic mass is 19.1. The Bertz CT molecular complexity index is 2910. The smallest absolute Gasteiger partial charge is 0.348 e. The van der Waals surface area contributed by atoms with Crippen LogP contribution >= 0.6 is 0 Å². The third-order valence-corrected chi connectivity index (χ3v) is 13.1. The van der Waals surface area contributed by atoms with Crippen LogP contribution in [0.15, 0.2) is 133 Å². The summed E-state index contributed by atoms with van der Waals surface area (Å²) < 4.78 is 26.6. The van der Waals surface area contributed by atoms with E-state index in [0.717, 1.165) is 37.4 Å². The number of carboxylic acid groups (broad SMARTS) is 2. The summed E-state index contributed by atoms with van der Waals surface area (Å²) in [6.45, 7) is 4.37.